The Labute approximate surface area is 406 Å². The first-order chi connectivity index (χ1) is 33.1. The lowest BCUT2D eigenvalue weighted by Gasteiger charge is -2.27. The first kappa shape index (κ1) is 45.5. The normalized spacial score (nSPS) is 18.2. The smallest absolute Gasteiger partial charge is 0.216 e. The van der Waals surface area contributed by atoms with Crippen LogP contribution in [-0.4, -0.2) is 70.6 Å². The number of benzene rings is 4. The van der Waals surface area contributed by atoms with Gasteiger partial charge in [-0.2, -0.15) is 0 Å². The third-order valence-corrected chi connectivity index (χ3v) is 13.5. The van der Waals surface area contributed by atoms with Crippen molar-refractivity contribution < 1.29 is 14.2 Å². The van der Waals surface area contributed by atoms with E-state index in [9.17, 15) is 0 Å². The number of aliphatic imine (C=N–C) groups is 3. The van der Waals surface area contributed by atoms with Crippen LogP contribution in [0.1, 0.15) is 79.0 Å². The predicted molar refractivity (Wildman–Crippen MR) is 280 cm³/mol. The first-order valence-electron chi connectivity index (χ1n) is 24.0. The van der Waals surface area contributed by atoms with Gasteiger partial charge in [0.05, 0.1) is 35.2 Å². The minimum atomic E-state index is -0.0196. The van der Waals surface area contributed by atoms with Gasteiger partial charge in [-0.1, -0.05) is 117 Å². The Hall–Kier alpha value is -7.26. The van der Waals surface area contributed by atoms with E-state index in [1.807, 2.05) is 36.8 Å². The molecule has 348 valence electrons. The van der Waals surface area contributed by atoms with Crippen molar-refractivity contribution in [3.8, 4) is 67.2 Å². The number of aromatic nitrogens is 3. The van der Waals surface area contributed by atoms with Gasteiger partial charge in [-0.3, -0.25) is 15.0 Å². The van der Waals surface area contributed by atoms with E-state index in [4.69, 9.17) is 44.1 Å². The summed E-state index contributed by atoms with van der Waals surface area (Å²) in [6.45, 7) is 21.5. The van der Waals surface area contributed by atoms with E-state index >= 15 is 0 Å². The summed E-state index contributed by atoms with van der Waals surface area (Å²) in [5.41, 5.74) is 13.9. The quantitative estimate of drug-likeness (QED) is 0.143. The molecule has 0 amide bonds. The molecule has 9 nitrogen and oxygen atoms in total. The molecular formula is C60H60N6O3. The SMILES string of the molecule is CC(C)(C)[C@H]1COC(c2ccc(-c3c(-c4ccccn4)c(-c4ccc(C5=N[C@@H](C(C)(C)C)CO5)cc4)c(-c4ccccn4)c(-c4ccc(C5=N[C@@H](C(C)(C)C)CO5)cc4)c3-c3ccccn3)cc2)=N1. The summed E-state index contributed by atoms with van der Waals surface area (Å²) in [4.78, 5) is 30.6. The van der Waals surface area contributed by atoms with Crippen LogP contribution < -0.4 is 0 Å². The summed E-state index contributed by atoms with van der Waals surface area (Å²) in [6, 6.07) is 44.4. The highest BCUT2D eigenvalue weighted by Gasteiger charge is 2.35. The Balaban J connectivity index is 1.28. The Kier molecular flexibility index (Phi) is 11.9. The highest BCUT2D eigenvalue weighted by atomic mass is 16.5. The lowest BCUT2D eigenvalue weighted by molar-refractivity contribution is 0.235. The monoisotopic (exact) mass is 912 g/mol. The summed E-state index contributed by atoms with van der Waals surface area (Å²) in [5.74, 6) is 1.99. The van der Waals surface area contributed by atoms with E-state index in [0.717, 1.165) is 83.8 Å². The molecule has 0 saturated heterocycles. The van der Waals surface area contributed by atoms with Gasteiger partial charge in [-0.05, 0) is 106 Å². The van der Waals surface area contributed by atoms with Crippen molar-refractivity contribution in [1.82, 2.24) is 15.0 Å². The molecule has 0 bridgehead atoms. The molecular weight excluding hydrogens is 853 g/mol. The second-order valence-corrected chi connectivity index (χ2v) is 21.5. The lowest BCUT2D eigenvalue weighted by atomic mass is 9.76. The van der Waals surface area contributed by atoms with E-state index in [-0.39, 0.29) is 34.4 Å². The molecule has 6 heterocycles. The number of ether oxygens (including phenoxy) is 3. The zero-order valence-electron chi connectivity index (χ0n) is 41.1. The number of pyridine rings is 3. The molecule has 0 fully saturated rings. The summed E-state index contributed by atoms with van der Waals surface area (Å²) >= 11 is 0. The second-order valence-electron chi connectivity index (χ2n) is 21.5. The van der Waals surface area contributed by atoms with Crippen molar-refractivity contribution in [1.29, 1.82) is 0 Å². The van der Waals surface area contributed by atoms with Gasteiger partial charge in [0.25, 0.3) is 0 Å². The Bertz CT molecular complexity index is 2720. The van der Waals surface area contributed by atoms with Crippen LogP contribution in [0.4, 0.5) is 0 Å². The third kappa shape index (κ3) is 9.10. The highest BCUT2D eigenvalue weighted by molar-refractivity contribution is 6.14. The summed E-state index contributed by atoms with van der Waals surface area (Å²) in [7, 11) is 0. The van der Waals surface area contributed by atoms with Gasteiger partial charge in [-0.25, -0.2) is 15.0 Å². The fourth-order valence-corrected chi connectivity index (χ4v) is 9.18. The maximum absolute atomic E-state index is 6.25. The summed E-state index contributed by atoms with van der Waals surface area (Å²) in [6.07, 6.45) is 5.59. The van der Waals surface area contributed by atoms with Crippen LogP contribution in [0.2, 0.25) is 0 Å². The number of hydrogen-bond donors (Lipinski definition) is 0. The van der Waals surface area contributed by atoms with Gasteiger partial charge in [0.15, 0.2) is 0 Å². The zero-order valence-corrected chi connectivity index (χ0v) is 41.1. The zero-order chi connectivity index (χ0) is 48.1. The van der Waals surface area contributed by atoms with Gasteiger partial charge in [-0.15, -0.1) is 0 Å². The van der Waals surface area contributed by atoms with E-state index in [2.05, 4.69) is 172 Å². The van der Waals surface area contributed by atoms with E-state index in [1.165, 1.54) is 0 Å². The van der Waals surface area contributed by atoms with Gasteiger partial charge in [0.1, 0.15) is 19.8 Å². The van der Waals surface area contributed by atoms with E-state index in [0.29, 0.717) is 37.5 Å². The van der Waals surface area contributed by atoms with Crippen LogP contribution >= 0.6 is 0 Å². The Morgan fingerprint density at radius 3 is 0.768 bits per heavy atom. The molecule has 0 N–H and O–H groups in total. The molecule has 7 aromatic rings. The number of nitrogens with zero attached hydrogens (tertiary/aromatic N) is 6. The third-order valence-electron chi connectivity index (χ3n) is 13.5. The van der Waals surface area contributed by atoms with E-state index < -0.39 is 0 Å². The molecule has 0 saturated carbocycles. The van der Waals surface area contributed by atoms with Crippen molar-refractivity contribution in [2.24, 2.45) is 31.2 Å². The van der Waals surface area contributed by atoms with Crippen LogP contribution in [0.25, 0.3) is 67.2 Å². The van der Waals surface area contributed by atoms with Crippen LogP contribution in [0.15, 0.2) is 161 Å². The molecule has 3 atom stereocenters. The van der Waals surface area contributed by atoms with Gasteiger partial charge >= 0.3 is 0 Å². The molecule has 3 aromatic heterocycles. The topological polar surface area (TPSA) is 103 Å². The van der Waals surface area contributed by atoms with Crippen molar-refractivity contribution in [2.75, 3.05) is 19.8 Å². The van der Waals surface area contributed by atoms with Gasteiger partial charge in [0, 0.05) is 68.7 Å². The predicted octanol–water partition coefficient (Wildman–Crippen LogP) is 13.4. The summed E-state index contributed by atoms with van der Waals surface area (Å²) < 4.78 is 18.8. The van der Waals surface area contributed by atoms with Crippen LogP contribution in [0.3, 0.4) is 0 Å². The van der Waals surface area contributed by atoms with Crippen molar-refractivity contribution in [3.63, 3.8) is 0 Å². The van der Waals surface area contributed by atoms with Gasteiger partial charge in [0.2, 0.25) is 17.7 Å². The van der Waals surface area contributed by atoms with E-state index in [1.54, 1.807) is 0 Å². The first-order valence-corrected chi connectivity index (χ1v) is 24.0. The van der Waals surface area contributed by atoms with Crippen molar-refractivity contribution in [3.05, 3.63) is 163 Å². The molecule has 69 heavy (non-hydrogen) atoms. The molecule has 0 aliphatic carbocycles. The lowest BCUT2D eigenvalue weighted by Crippen LogP contribution is -2.25. The molecule has 4 aromatic carbocycles. The van der Waals surface area contributed by atoms with Crippen molar-refractivity contribution in [2.45, 2.75) is 80.4 Å². The van der Waals surface area contributed by atoms with Crippen LogP contribution in [-0.2, 0) is 14.2 Å². The Morgan fingerprint density at radius 2 is 0.565 bits per heavy atom. The van der Waals surface area contributed by atoms with Crippen molar-refractivity contribution >= 4 is 17.7 Å². The average Bonchev–Trinajstić information content (AvgIpc) is 4.17. The minimum absolute atomic E-state index is 0.0196. The average molecular weight is 913 g/mol. The standard InChI is InChI=1S/C60H60N6O3/c1-58(2,3)46-34-67-55(64-46)40-25-19-37(20-26-40)49-52(43-16-10-13-31-61-43)50(38-21-27-41(28-22-38)56-65-47(35-68-56)59(4,5)6)54(45-18-12-15-33-63-45)51(53(49)44-17-11-14-32-62-44)39-23-29-42(30-24-39)57-66-48(36-69-57)60(7,8)9/h10-33,46-48H,34-36H2,1-9H3/t46-,47-,48-/m1/s1. The van der Waals surface area contributed by atoms with Crippen LogP contribution in [0.5, 0.6) is 0 Å². The molecule has 0 unspecified atom stereocenters. The highest BCUT2D eigenvalue weighted by Crippen LogP contribution is 2.55. The fraction of sp³-hybridized carbons (Fsp3) is 0.300. The largest absolute Gasteiger partial charge is 0.475 e. The number of hydrogen-bond acceptors (Lipinski definition) is 9. The molecule has 10 rings (SSSR count). The Morgan fingerprint density at radius 1 is 0.319 bits per heavy atom. The van der Waals surface area contributed by atoms with Gasteiger partial charge < -0.3 is 14.2 Å². The molecule has 9 heteroatoms. The maximum Gasteiger partial charge on any atom is 0.216 e. The number of rotatable bonds is 9. The second kappa shape index (κ2) is 18.0. The van der Waals surface area contributed by atoms with Crippen LogP contribution in [0, 0.1) is 16.2 Å². The molecule has 3 aliphatic heterocycles. The summed E-state index contributed by atoms with van der Waals surface area (Å²) in [5, 5.41) is 0. The minimum Gasteiger partial charge on any atom is -0.475 e. The maximum atomic E-state index is 6.25. The molecule has 0 radical (unpaired) electrons. The fourth-order valence-electron chi connectivity index (χ4n) is 9.18. The molecule has 0 spiro atoms. The molecule has 3 aliphatic rings.